The van der Waals surface area contributed by atoms with E-state index < -0.39 is 0 Å². The lowest BCUT2D eigenvalue weighted by atomic mass is 10.5. The van der Waals surface area contributed by atoms with Gasteiger partial charge >= 0.3 is 0 Å². The molecule has 0 radical (unpaired) electrons. The highest BCUT2D eigenvalue weighted by atomic mass is 14.9. The maximum absolute atomic E-state index is 2.12. The molecule has 0 atom stereocenters. The summed E-state index contributed by atoms with van der Waals surface area (Å²) < 4.78 is 2.06. The maximum atomic E-state index is 2.12. The fourth-order valence-electron chi connectivity index (χ4n) is 0.365. The molecule has 1 heteroatoms. The summed E-state index contributed by atoms with van der Waals surface area (Å²) in [6.07, 6.45) is 3.26. The molecule has 0 aromatic heterocycles. The molecule has 0 aliphatic heterocycles. The van der Waals surface area contributed by atoms with Gasteiger partial charge in [-0.3, -0.25) is 0 Å². The number of rotatable bonds is 1. The van der Waals surface area contributed by atoms with Gasteiger partial charge in [0.1, 0.15) is 20.3 Å². The van der Waals surface area contributed by atoms with E-state index >= 15 is 0 Å². The van der Waals surface area contributed by atoms with Crippen molar-refractivity contribution in [1.82, 2.24) is 0 Å². The van der Waals surface area contributed by atoms with Crippen LogP contribution in [0.1, 0.15) is 13.3 Å². The van der Waals surface area contributed by atoms with Crippen molar-refractivity contribution < 1.29 is 4.58 Å². The molecule has 0 spiro atoms. The average molecular weight is 86.2 g/mol. The Morgan fingerprint density at radius 2 is 2.00 bits per heavy atom. The van der Waals surface area contributed by atoms with E-state index in [4.69, 9.17) is 0 Å². The van der Waals surface area contributed by atoms with Crippen LogP contribution < -0.4 is 0 Å². The molecule has 0 saturated heterocycles. The lowest BCUT2D eigenvalue weighted by molar-refractivity contribution is -0.460. The lowest BCUT2D eigenvalue weighted by Gasteiger charge is -1.76. The molecular formula is C5H12N+. The highest BCUT2D eigenvalue weighted by molar-refractivity contribution is 5.49. The Hall–Kier alpha value is -0.330. The van der Waals surface area contributed by atoms with E-state index in [0.29, 0.717) is 0 Å². The molecule has 1 nitrogen and oxygen atoms in total. The van der Waals surface area contributed by atoms with Crippen LogP contribution in [0.15, 0.2) is 0 Å². The Balaban J connectivity index is 3.14. The molecule has 0 fully saturated rings. The summed E-state index contributed by atoms with van der Waals surface area (Å²) in [6, 6.07) is 0. The third kappa shape index (κ3) is 3.67. The van der Waals surface area contributed by atoms with Crippen LogP contribution in [0.25, 0.3) is 0 Å². The first-order valence-corrected chi connectivity index (χ1v) is 2.27. The quantitative estimate of drug-likeness (QED) is 0.327. The first-order valence-electron chi connectivity index (χ1n) is 2.27. The summed E-state index contributed by atoms with van der Waals surface area (Å²) in [5, 5.41) is 0. The van der Waals surface area contributed by atoms with Gasteiger partial charge in [0.25, 0.3) is 0 Å². The molecule has 0 rings (SSSR count). The van der Waals surface area contributed by atoms with Gasteiger partial charge in [-0.1, -0.05) is 6.92 Å². The van der Waals surface area contributed by atoms with Gasteiger partial charge < -0.3 is 0 Å². The predicted molar refractivity (Wildman–Crippen MR) is 28.5 cm³/mol. The second-order valence-corrected chi connectivity index (χ2v) is 1.55. The Kier molecular flexibility index (Phi) is 2.73. The molecule has 0 aliphatic rings. The Morgan fingerprint density at radius 3 is 2.00 bits per heavy atom. The van der Waals surface area contributed by atoms with Crippen LogP contribution in [0.4, 0.5) is 0 Å². The van der Waals surface area contributed by atoms with Crippen molar-refractivity contribution >= 4 is 6.21 Å². The van der Waals surface area contributed by atoms with E-state index in [1.54, 1.807) is 0 Å². The molecule has 0 heterocycles. The summed E-state index contributed by atoms with van der Waals surface area (Å²) in [7, 11) is 4.06. The van der Waals surface area contributed by atoms with E-state index in [1.165, 1.54) is 0 Å². The van der Waals surface area contributed by atoms with Gasteiger partial charge in [-0.15, -0.1) is 0 Å². The van der Waals surface area contributed by atoms with E-state index in [-0.39, 0.29) is 0 Å². The van der Waals surface area contributed by atoms with Crippen LogP contribution >= 0.6 is 0 Å². The van der Waals surface area contributed by atoms with Gasteiger partial charge in [-0.05, 0) is 0 Å². The number of nitrogens with zero attached hydrogens (tertiary/aromatic N) is 1. The van der Waals surface area contributed by atoms with Crippen LogP contribution in [0.3, 0.4) is 0 Å². The standard InChI is InChI=1S/C5H12N/c1-4-5-6(2)3/h5H,4H2,1-3H3/q+1. The predicted octanol–water partition coefficient (Wildman–Crippen LogP) is 0.739. The second-order valence-electron chi connectivity index (χ2n) is 1.55. The van der Waals surface area contributed by atoms with Gasteiger partial charge in [0.2, 0.25) is 0 Å². The average Bonchev–Trinajstić information content (AvgIpc) is 1.35. The summed E-state index contributed by atoms with van der Waals surface area (Å²) in [6.45, 7) is 2.12. The molecule has 0 amide bonds. The van der Waals surface area contributed by atoms with Gasteiger partial charge in [0.15, 0.2) is 0 Å². The third-order valence-electron chi connectivity index (χ3n) is 0.548. The molecule has 6 heavy (non-hydrogen) atoms. The SMILES string of the molecule is CCC=[N+](C)C. The first kappa shape index (κ1) is 5.67. The third-order valence-corrected chi connectivity index (χ3v) is 0.548. The zero-order valence-electron chi connectivity index (χ0n) is 4.73. The van der Waals surface area contributed by atoms with Gasteiger partial charge in [0.05, 0.1) is 0 Å². The fourth-order valence-corrected chi connectivity index (χ4v) is 0.365. The van der Waals surface area contributed by atoms with Crippen molar-refractivity contribution in [2.24, 2.45) is 0 Å². The van der Waals surface area contributed by atoms with Crippen molar-refractivity contribution in [3.05, 3.63) is 0 Å². The monoisotopic (exact) mass is 86.1 g/mol. The normalized spacial score (nSPS) is 7.83. The topological polar surface area (TPSA) is 3.01 Å². The minimum atomic E-state index is 1.13. The van der Waals surface area contributed by atoms with Crippen molar-refractivity contribution in [3.63, 3.8) is 0 Å². The van der Waals surface area contributed by atoms with Crippen LogP contribution in [-0.2, 0) is 0 Å². The van der Waals surface area contributed by atoms with Gasteiger partial charge in [0, 0.05) is 6.42 Å². The smallest absolute Gasteiger partial charge is 0.138 e. The molecule has 0 N–H and O–H groups in total. The van der Waals surface area contributed by atoms with Crippen molar-refractivity contribution in [3.8, 4) is 0 Å². The maximum Gasteiger partial charge on any atom is 0.138 e. The van der Waals surface area contributed by atoms with E-state index in [1.807, 2.05) is 14.1 Å². The summed E-state index contributed by atoms with van der Waals surface area (Å²) >= 11 is 0. The molecule has 0 aromatic rings. The van der Waals surface area contributed by atoms with Crippen molar-refractivity contribution in [2.45, 2.75) is 13.3 Å². The highest BCUT2D eigenvalue weighted by Crippen LogP contribution is 1.61. The fraction of sp³-hybridized carbons (Fsp3) is 0.800. The van der Waals surface area contributed by atoms with E-state index in [2.05, 4.69) is 17.7 Å². The highest BCUT2D eigenvalue weighted by Gasteiger charge is 1.72. The van der Waals surface area contributed by atoms with Crippen LogP contribution in [-0.4, -0.2) is 24.9 Å². The molecule has 0 saturated carbocycles. The molecule has 0 aromatic carbocycles. The number of hydrogen-bond donors (Lipinski definition) is 0. The number of hydrogen-bond acceptors (Lipinski definition) is 0. The Bertz CT molecular complexity index is 51.0. The second kappa shape index (κ2) is 2.88. The lowest BCUT2D eigenvalue weighted by Crippen LogP contribution is -1.95. The molecule has 0 bridgehead atoms. The van der Waals surface area contributed by atoms with Crippen molar-refractivity contribution in [2.75, 3.05) is 14.1 Å². The minimum absolute atomic E-state index is 1.13. The Morgan fingerprint density at radius 1 is 1.50 bits per heavy atom. The van der Waals surface area contributed by atoms with Crippen molar-refractivity contribution in [1.29, 1.82) is 0 Å². The zero-order chi connectivity index (χ0) is 4.99. The van der Waals surface area contributed by atoms with Crippen LogP contribution in [0.5, 0.6) is 0 Å². The molecular weight excluding hydrogens is 74.1 g/mol. The van der Waals surface area contributed by atoms with E-state index in [9.17, 15) is 0 Å². The molecule has 0 aliphatic carbocycles. The Labute approximate surface area is 39.3 Å². The van der Waals surface area contributed by atoms with Crippen LogP contribution in [0.2, 0.25) is 0 Å². The zero-order valence-corrected chi connectivity index (χ0v) is 4.73. The first-order chi connectivity index (χ1) is 2.77. The summed E-state index contributed by atoms with van der Waals surface area (Å²) in [4.78, 5) is 0. The summed E-state index contributed by atoms with van der Waals surface area (Å²) in [5.41, 5.74) is 0. The molecule has 36 valence electrons. The van der Waals surface area contributed by atoms with Gasteiger partial charge in [-0.2, -0.15) is 0 Å². The van der Waals surface area contributed by atoms with Crippen LogP contribution in [0, 0.1) is 0 Å². The largest absolute Gasteiger partial charge is 0.245 e. The van der Waals surface area contributed by atoms with Gasteiger partial charge in [-0.25, -0.2) is 4.58 Å². The minimum Gasteiger partial charge on any atom is -0.245 e. The summed E-state index contributed by atoms with van der Waals surface area (Å²) in [5.74, 6) is 0. The van der Waals surface area contributed by atoms with E-state index in [0.717, 1.165) is 6.42 Å². The molecule has 0 unspecified atom stereocenters.